The Bertz CT molecular complexity index is 309. The van der Waals surface area contributed by atoms with Crippen molar-refractivity contribution in [3.05, 3.63) is 29.8 Å². The monoisotopic (exact) mass is 236 g/mol. The van der Waals surface area contributed by atoms with Crippen LogP contribution in [0.4, 0.5) is 5.69 Å². The molecule has 1 aromatic rings. The van der Waals surface area contributed by atoms with Gasteiger partial charge in [-0.1, -0.05) is 12.1 Å². The van der Waals surface area contributed by atoms with Gasteiger partial charge < -0.3 is 15.4 Å². The molecule has 96 valence electrons. The highest BCUT2D eigenvalue weighted by Gasteiger charge is 2.09. The van der Waals surface area contributed by atoms with Crippen LogP contribution in [0.3, 0.4) is 0 Å². The van der Waals surface area contributed by atoms with Gasteiger partial charge in [-0.15, -0.1) is 0 Å². The van der Waals surface area contributed by atoms with Crippen molar-refractivity contribution in [1.29, 1.82) is 0 Å². The number of hydrogen-bond donors (Lipinski definition) is 1. The van der Waals surface area contributed by atoms with Crippen LogP contribution in [-0.2, 0) is 11.3 Å². The maximum atomic E-state index is 5.60. The molecule has 0 radical (unpaired) electrons. The molecule has 0 amide bonds. The minimum atomic E-state index is 0.471. The van der Waals surface area contributed by atoms with E-state index in [1.807, 2.05) is 6.92 Å². The third-order valence-electron chi connectivity index (χ3n) is 2.81. The Morgan fingerprint density at radius 1 is 1.24 bits per heavy atom. The van der Waals surface area contributed by atoms with Crippen molar-refractivity contribution in [2.24, 2.45) is 5.73 Å². The zero-order chi connectivity index (χ0) is 12.7. The van der Waals surface area contributed by atoms with E-state index < -0.39 is 0 Å². The summed E-state index contributed by atoms with van der Waals surface area (Å²) < 4.78 is 5.42. The molecule has 0 spiro atoms. The zero-order valence-electron chi connectivity index (χ0n) is 11.1. The summed E-state index contributed by atoms with van der Waals surface area (Å²) in [6, 6.07) is 8.91. The van der Waals surface area contributed by atoms with Crippen LogP contribution < -0.4 is 10.6 Å². The zero-order valence-corrected chi connectivity index (χ0v) is 11.1. The molecule has 17 heavy (non-hydrogen) atoms. The number of nitrogens with two attached hydrogens (primary N) is 1. The lowest BCUT2D eigenvalue weighted by molar-refractivity contribution is 0.153. The van der Waals surface area contributed by atoms with Crippen molar-refractivity contribution >= 4 is 5.69 Å². The van der Waals surface area contributed by atoms with Gasteiger partial charge in [0.05, 0.1) is 6.61 Å². The fourth-order valence-corrected chi connectivity index (χ4v) is 1.82. The largest absolute Gasteiger partial charge is 0.380 e. The lowest BCUT2D eigenvalue weighted by Crippen LogP contribution is -2.33. The van der Waals surface area contributed by atoms with Gasteiger partial charge >= 0.3 is 0 Å². The van der Waals surface area contributed by atoms with E-state index in [9.17, 15) is 0 Å². The molecule has 1 rings (SSSR count). The van der Waals surface area contributed by atoms with Gasteiger partial charge in [0, 0.05) is 31.4 Å². The fourth-order valence-electron chi connectivity index (χ4n) is 1.82. The van der Waals surface area contributed by atoms with Crippen molar-refractivity contribution in [2.75, 3.05) is 24.7 Å². The molecule has 0 bridgehead atoms. The Balaban J connectivity index is 2.68. The Morgan fingerprint density at radius 2 is 1.88 bits per heavy atom. The van der Waals surface area contributed by atoms with Crippen molar-refractivity contribution in [2.45, 2.75) is 33.4 Å². The fraction of sp³-hybridized carbons (Fsp3) is 0.571. The van der Waals surface area contributed by atoms with Crippen molar-refractivity contribution in [3.63, 3.8) is 0 Å². The molecule has 0 saturated heterocycles. The highest BCUT2D eigenvalue weighted by Crippen LogP contribution is 2.17. The Hall–Kier alpha value is -1.06. The molecule has 0 aliphatic carbocycles. The summed E-state index contributed by atoms with van der Waals surface area (Å²) in [5.41, 5.74) is 8.00. The van der Waals surface area contributed by atoms with Crippen LogP contribution in [0.1, 0.15) is 26.3 Å². The molecule has 0 heterocycles. The van der Waals surface area contributed by atoms with Crippen LogP contribution in [0, 0.1) is 0 Å². The van der Waals surface area contributed by atoms with E-state index >= 15 is 0 Å². The predicted octanol–water partition coefficient (Wildman–Crippen LogP) is 2.40. The van der Waals surface area contributed by atoms with Gasteiger partial charge in [0.25, 0.3) is 0 Å². The average molecular weight is 236 g/mol. The molecular weight excluding hydrogens is 212 g/mol. The molecule has 0 unspecified atom stereocenters. The lowest BCUT2D eigenvalue weighted by atomic mass is 10.1. The van der Waals surface area contributed by atoms with Gasteiger partial charge in [-0.25, -0.2) is 0 Å². The smallest absolute Gasteiger partial charge is 0.0641 e. The van der Waals surface area contributed by atoms with E-state index in [1.165, 1.54) is 11.3 Å². The third-order valence-corrected chi connectivity index (χ3v) is 2.81. The van der Waals surface area contributed by atoms with Gasteiger partial charge in [0.2, 0.25) is 0 Å². The van der Waals surface area contributed by atoms with Gasteiger partial charge in [0.1, 0.15) is 0 Å². The molecular formula is C14H24N2O. The number of rotatable bonds is 7. The highest BCUT2D eigenvalue weighted by atomic mass is 16.5. The van der Waals surface area contributed by atoms with E-state index in [-0.39, 0.29) is 0 Å². The third kappa shape index (κ3) is 4.36. The predicted molar refractivity (Wildman–Crippen MR) is 73.3 cm³/mol. The van der Waals surface area contributed by atoms with Gasteiger partial charge in [-0.3, -0.25) is 0 Å². The summed E-state index contributed by atoms with van der Waals surface area (Å²) in [4.78, 5) is 2.34. The quantitative estimate of drug-likeness (QED) is 0.739. The Morgan fingerprint density at radius 3 is 2.35 bits per heavy atom. The molecule has 1 aromatic carbocycles. The van der Waals surface area contributed by atoms with Gasteiger partial charge in [0.15, 0.2) is 0 Å². The normalized spacial score (nSPS) is 10.9. The van der Waals surface area contributed by atoms with Crippen molar-refractivity contribution in [3.8, 4) is 0 Å². The molecule has 2 N–H and O–H groups in total. The Kier molecular flexibility index (Phi) is 6.01. The minimum absolute atomic E-state index is 0.471. The van der Waals surface area contributed by atoms with Crippen LogP contribution in [0.25, 0.3) is 0 Å². The summed E-state index contributed by atoms with van der Waals surface area (Å²) in [6.45, 7) is 9.49. The first-order valence-electron chi connectivity index (χ1n) is 6.32. The molecule has 0 atom stereocenters. The molecule has 0 saturated carbocycles. The average Bonchev–Trinajstić information content (AvgIpc) is 2.34. The summed E-state index contributed by atoms with van der Waals surface area (Å²) in [6.07, 6.45) is 0. The summed E-state index contributed by atoms with van der Waals surface area (Å²) in [5.74, 6) is 0. The SMILES string of the molecule is CCOCCN(c1ccc(CN)cc1)C(C)C. The standard InChI is InChI=1S/C14H24N2O/c1-4-17-10-9-16(12(2)3)14-7-5-13(11-15)6-8-14/h5-8,12H,4,9-11,15H2,1-3H3. The first kappa shape index (κ1) is 14.0. The Labute approximate surface area is 105 Å². The van der Waals surface area contributed by atoms with E-state index in [0.29, 0.717) is 12.6 Å². The second-order valence-electron chi connectivity index (χ2n) is 4.35. The molecule has 0 aliphatic rings. The lowest BCUT2D eigenvalue weighted by Gasteiger charge is -2.29. The van der Waals surface area contributed by atoms with E-state index in [0.717, 1.165) is 19.8 Å². The first-order valence-corrected chi connectivity index (χ1v) is 6.32. The summed E-state index contributed by atoms with van der Waals surface area (Å²) in [7, 11) is 0. The topological polar surface area (TPSA) is 38.5 Å². The van der Waals surface area contributed by atoms with Crippen LogP contribution in [0.2, 0.25) is 0 Å². The summed E-state index contributed by atoms with van der Waals surface area (Å²) >= 11 is 0. The molecule has 0 aliphatic heterocycles. The van der Waals surface area contributed by atoms with Gasteiger partial charge in [-0.05, 0) is 38.5 Å². The van der Waals surface area contributed by atoms with Crippen LogP contribution >= 0.6 is 0 Å². The number of ether oxygens (including phenoxy) is 1. The number of anilines is 1. The maximum Gasteiger partial charge on any atom is 0.0641 e. The highest BCUT2D eigenvalue weighted by molar-refractivity contribution is 5.48. The van der Waals surface area contributed by atoms with E-state index in [1.54, 1.807) is 0 Å². The van der Waals surface area contributed by atoms with Crippen molar-refractivity contribution < 1.29 is 4.74 Å². The maximum absolute atomic E-state index is 5.60. The van der Waals surface area contributed by atoms with Crippen LogP contribution in [0.15, 0.2) is 24.3 Å². The van der Waals surface area contributed by atoms with Crippen molar-refractivity contribution in [1.82, 2.24) is 0 Å². The number of hydrogen-bond acceptors (Lipinski definition) is 3. The molecule has 3 nitrogen and oxygen atoms in total. The van der Waals surface area contributed by atoms with Crippen LogP contribution in [0.5, 0.6) is 0 Å². The van der Waals surface area contributed by atoms with Crippen LogP contribution in [-0.4, -0.2) is 25.8 Å². The first-order chi connectivity index (χ1) is 8.19. The second-order valence-corrected chi connectivity index (χ2v) is 4.35. The number of benzene rings is 1. The van der Waals surface area contributed by atoms with Gasteiger partial charge in [-0.2, -0.15) is 0 Å². The molecule has 0 aromatic heterocycles. The minimum Gasteiger partial charge on any atom is -0.380 e. The summed E-state index contributed by atoms with van der Waals surface area (Å²) in [5, 5.41) is 0. The van der Waals surface area contributed by atoms with E-state index in [2.05, 4.69) is 43.0 Å². The molecule has 3 heteroatoms. The molecule has 0 fully saturated rings. The number of nitrogens with zero attached hydrogens (tertiary/aromatic N) is 1. The second kappa shape index (κ2) is 7.30. The van der Waals surface area contributed by atoms with E-state index in [4.69, 9.17) is 10.5 Å².